The highest BCUT2D eigenvalue weighted by Gasteiger charge is 2.43. The summed E-state index contributed by atoms with van der Waals surface area (Å²) in [4.78, 5) is 30.5. The smallest absolute Gasteiger partial charge is 0.228 e. The maximum absolute atomic E-state index is 13.7. The van der Waals surface area contributed by atoms with E-state index >= 15 is 0 Å². The van der Waals surface area contributed by atoms with Gasteiger partial charge in [-0.1, -0.05) is 6.07 Å². The van der Waals surface area contributed by atoms with Crippen LogP contribution in [0.3, 0.4) is 0 Å². The number of carbonyl (C=O) groups excluding carboxylic acids is 2. The van der Waals surface area contributed by atoms with Gasteiger partial charge in [-0.05, 0) is 48.4 Å². The molecule has 0 aliphatic carbocycles. The SMILES string of the molecule is COc1ccc(N2C(=O)CC[C@@H](C(=O)N3CCOCC3)[C@@H]2c2ccc(OC)c(OC)c2)cc1. The molecule has 2 saturated heterocycles. The Morgan fingerprint density at radius 2 is 1.64 bits per heavy atom. The number of ether oxygens (including phenoxy) is 4. The Labute approximate surface area is 194 Å². The molecular formula is C25H30N2O6. The van der Waals surface area contributed by atoms with Crippen molar-refractivity contribution in [3.63, 3.8) is 0 Å². The third-order valence-electron chi connectivity index (χ3n) is 6.34. The number of benzene rings is 2. The van der Waals surface area contributed by atoms with Crippen molar-refractivity contribution < 1.29 is 28.5 Å². The van der Waals surface area contributed by atoms with Crippen molar-refractivity contribution in [1.82, 2.24) is 4.90 Å². The number of hydrogen-bond acceptors (Lipinski definition) is 6. The molecule has 0 aromatic heterocycles. The number of methoxy groups -OCH3 is 3. The van der Waals surface area contributed by atoms with E-state index in [9.17, 15) is 9.59 Å². The van der Waals surface area contributed by atoms with Gasteiger partial charge in [-0.2, -0.15) is 0 Å². The molecule has 0 radical (unpaired) electrons. The molecule has 33 heavy (non-hydrogen) atoms. The summed E-state index contributed by atoms with van der Waals surface area (Å²) >= 11 is 0. The first kappa shape index (κ1) is 22.9. The van der Waals surface area contributed by atoms with Crippen molar-refractivity contribution in [2.75, 3.05) is 52.5 Å². The Kier molecular flexibility index (Phi) is 7.03. The number of anilines is 1. The quantitative estimate of drug-likeness (QED) is 0.668. The minimum atomic E-state index is -0.477. The zero-order valence-corrected chi connectivity index (χ0v) is 19.3. The predicted octanol–water partition coefficient (Wildman–Crippen LogP) is 3.06. The minimum Gasteiger partial charge on any atom is -0.497 e. The third-order valence-corrected chi connectivity index (χ3v) is 6.34. The van der Waals surface area contributed by atoms with E-state index < -0.39 is 6.04 Å². The molecule has 2 atom stereocenters. The molecule has 2 heterocycles. The van der Waals surface area contributed by atoms with Gasteiger partial charge in [-0.15, -0.1) is 0 Å². The average molecular weight is 455 g/mol. The summed E-state index contributed by atoms with van der Waals surface area (Å²) in [7, 11) is 4.76. The fourth-order valence-electron chi connectivity index (χ4n) is 4.63. The summed E-state index contributed by atoms with van der Waals surface area (Å²) in [6, 6.07) is 12.4. The summed E-state index contributed by atoms with van der Waals surface area (Å²) in [5, 5.41) is 0. The molecule has 0 bridgehead atoms. The Bertz CT molecular complexity index is 987. The minimum absolute atomic E-state index is 0.0222. The van der Waals surface area contributed by atoms with Gasteiger partial charge in [-0.3, -0.25) is 9.59 Å². The van der Waals surface area contributed by atoms with Crippen LogP contribution in [-0.4, -0.2) is 64.3 Å². The molecule has 0 spiro atoms. The van der Waals surface area contributed by atoms with Gasteiger partial charge in [0.05, 0.1) is 46.5 Å². The normalized spacial score (nSPS) is 21.0. The molecule has 0 N–H and O–H groups in total. The Morgan fingerprint density at radius 1 is 0.939 bits per heavy atom. The molecule has 8 heteroatoms. The van der Waals surface area contributed by atoms with Crippen LogP contribution in [0.1, 0.15) is 24.4 Å². The average Bonchev–Trinajstić information content (AvgIpc) is 2.88. The number of morpholine rings is 1. The van der Waals surface area contributed by atoms with Gasteiger partial charge < -0.3 is 28.7 Å². The third kappa shape index (κ3) is 4.61. The lowest BCUT2D eigenvalue weighted by atomic mass is 9.82. The van der Waals surface area contributed by atoms with Crippen molar-refractivity contribution >= 4 is 17.5 Å². The second-order valence-electron chi connectivity index (χ2n) is 8.10. The summed E-state index contributed by atoms with van der Waals surface area (Å²) in [6.45, 7) is 2.18. The fourth-order valence-corrected chi connectivity index (χ4v) is 4.63. The largest absolute Gasteiger partial charge is 0.497 e. The molecule has 8 nitrogen and oxygen atoms in total. The van der Waals surface area contributed by atoms with E-state index in [0.717, 1.165) is 11.3 Å². The number of hydrogen-bond donors (Lipinski definition) is 0. The fraction of sp³-hybridized carbons (Fsp3) is 0.440. The van der Waals surface area contributed by atoms with E-state index in [1.54, 1.807) is 26.2 Å². The van der Waals surface area contributed by atoms with Gasteiger partial charge >= 0.3 is 0 Å². The number of rotatable bonds is 6. The first-order valence-corrected chi connectivity index (χ1v) is 11.1. The highest BCUT2D eigenvalue weighted by atomic mass is 16.5. The van der Waals surface area contributed by atoms with Crippen LogP contribution < -0.4 is 19.1 Å². The van der Waals surface area contributed by atoms with E-state index in [4.69, 9.17) is 18.9 Å². The first-order valence-electron chi connectivity index (χ1n) is 11.1. The van der Waals surface area contributed by atoms with Crippen LogP contribution in [0.5, 0.6) is 17.2 Å². The molecular weight excluding hydrogens is 424 g/mol. The van der Waals surface area contributed by atoms with Crippen LogP contribution in [-0.2, 0) is 14.3 Å². The van der Waals surface area contributed by atoms with Crippen LogP contribution >= 0.6 is 0 Å². The van der Waals surface area contributed by atoms with E-state index in [1.165, 1.54) is 0 Å². The van der Waals surface area contributed by atoms with E-state index in [2.05, 4.69) is 0 Å². The first-order chi connectivity index (χ1) is 16.1. The Balaban J connectivity index is 1.78. The van der Waals surface area contributed by atoms with Crippen molar-refractivity contribution in [1.29, 1.82) is 0 Å². The van der Waals surface area contributed by atoms with Crippen LogP contribution in [0.25, 0.3) is 0 Å². The van der Waals surface area contributed by atoms with Crippen LogP contribution in [0.15, 0.2) is 42.5 Å². The van der Waals surface area contributed by atoms with Gasteiger partial charge in [-0.25, -0.2) is 0 Å². The van der Waals surface area contributed by atoms with Gasteiger partial charge in [0, 0.05) is 25.2 Å². The monoisotopic (exact) mass is 454 g/mol. The standard InChI is InChI=1S/C25H30N2O6/c1-30-19-7-5-18(6-8-19)27-23(28)11-9-20(25(29)26-12-14-33-15-13-26)24(27)17-4-10-21(31-2)22(16-17)32-3/h4-8,10,16,20,24H,9,11-15H2,1-3H3/t20-,24+/m1/s1. The van der Waals surface area contributed by atoms with Crippen LogP contribution in [0, 0.1) is 5.92 Å². The van der Waals surface area contributed by atoms with Gasteiger partial charge in [0.2, 0.25) is 11.8 Å². The second kappa shape index (κ2) is 10.1. The number of amides is 2. The molecule has 2 aliphatic heterocycles. The molecule has 2 aliphatic rings. The van der Waals surface area contributed by atoms with E-state index in [0.29, 0.717) is 56.4 Å². The molecule has 4 rings (SSSR count). The molecule has 2 aromatic carbocycles. The highest BCUT2D eigenvalue weighted by Crippen LogP contribution is 2.43. The molecule has 0 unspecified atom stereocenters. The maximum Gasteiger partial charge on any atom is 0.228 e. The van der Waals surface area contributed by atoms with Crippen molar-refractivity contribution in [3.8, 4) is 17.2 Å². The summed E-state index contributed by atoms with van der Waals surface area (Å²) in [5.41, 5.74) is 1.54. The summed E-state index contributed by atoms with van der Waals surface area (Å²) < 4.78 is 21.6. The van der Waals surface area contributed by atoms with Crippen LogP contribution in [0.2, 0.25) is 0 Å². The van der Waals surface area contributed by atoms with Crippen molar-refractivity contribution in [3.05, 3.63) is 48.0 Å². The lowest BCUT2D eigenvalue weighted by molar-refractivity contribution is -0.142. The molecule has 0 saturated carbocycles. The second-order valence-corrected chi connectivity index (χ2v) is 8.10. The summed E-state index contributed by atoms with van der Waals surface area (Å²) in [6.07, 6.45) is 0.789. The topological polar surface area (TPSA) is 77.5 Å². The van der Waals surface area contributed by atoms with Crippen LogP contribution in [0.4, 0.5) is 5.69 Å². The zero-order valence-electron chi connectivity index (χ0n) is 19.3. The lowest BCUT2D eigenvalue weighted by Gasteiger charge is -2.43. The number of nitrogens with zero attached hydrogens (tertiary/aromatic N) is 2. The number of piperidine rings is 1. The van der Waals surface area contributed by atoms with Gasteiger partial charge in [0.1, 0.15) is 5.75 Å². The highest BCUT2D eigenvalue weighted by molar-refractivity contribution is 5.97. The van der Waals surface area contributed by atoms with Gasteiger partial charge in [0.15, 0.2) is 11.5 Å². The Morgan fingerprint density at radius 3 is 2.27 bits per heavy atom. The molecule has 2 fully saturated rings. The lowest BCUT2D eigenvalue weighted by Crippen LogP contribution is -2.51. The molecule has 176 valence electrons. The van der Waals surface area contributed by atoms with E-state index in [1.807, 2.05) is 47.4 Å². The number of carbonyl (C=O) groups is 2. The molecule has 2 amide bonds. The zero-order chi connectivity index (χ0) is 23.4. The predicted molar refractivity (Wildman–Crippen MR) is 123 cm³/mol. The van der Waals surface area contributed by atoms with E-state index in [-0.39, 0.29) is 17.7 Å². The summed E-state index contributed by atoms with van der Waals surface area (Å²) in [5.74, 6) is 1.48. The van der Waals surface area contributed by atoms with Crippen molar-refractivity contribution in [2.45, 2.75) is 18.9 Å². The maximum atomic E-state index is 13.7. The Hall–Kier alpha value is -3.26. The molecule has 2 aromatic rings. The van der Waals surface area contributed by atoms with Crippen molar-refractivity contribution in [2.24, 2.45) is 5.92 Å². The van der Waals surface area contributed by atoms with Gasteiger partial charge in [0.25, 0.3) is 0 Å².